The summed E-state index contributed by atoms with van der Waals surface area (Å²) in [6, 6.07) is 9.80. The molecule has 3 aromatic rings. The Morgan fingerprint density at radius 2 is 1.74 bits per heavy atom. The van der Waals surface area contributed by atoms with Gasteiger partial charge in [-0.05, 0) is 82.5 Å². The van der Waals surface area contributed by atoms with Crippen LogP contribution in [0.3, 0.4) is 0 Å². The van der Waals surface area contributed by atoms with Crippen molar-refractivity contribution in [3.05, 3.63) is 58.8 Å². The molecule has 1 fully saturated rings. The number of rotatable bonds is 6. The maximum atomic E-state index is 13.0. The molecule has 2 heterocycles. The van der Waals surface area contributed by atoms with Crippen LogP contribution in [-0.2, 0) is 16.0 Å². The summed E-state index contributed by atoms with van der Waals surface area (Å²) in [6.45, 7) is 9.12. The molecule has 2 aromatic carbocycles. The zero-order valence-electron chi connectivity index (χ0n) is 23.4. The zero-order valence-corrected chi connectivity index (χ0v) is 23.4. The van der Waals surface area contributed by atoms with Crippen molar-refractivity contribution in [2.45, 2.75) is 65.1 Å². The lowest BCUT2D eigenvalue weighted by atomic mass is 9.93. The molecule has 204 valence electrons. The number of aryl methyl sites for hydroxylation is 1. The van der Waals surface area contributed by atoms with Crippen LogP contribution in [-0.4, -0.2) is 55.0 Å². The maximum Gasteiger partial charge on any atom is 0.419 e. The van der Waals surface area contributed by atoms with Crippen LogP contribution in [0.5, 0.6) is 11.5 Å². The van der Waals surface area contributed by atoms with Crippen LogP contribution in [0.25, 0.3) is 10.9 Å². The van der Waals surface area contributed by atoms with Gasteiger partial charge in [0.25, 0.3) is 0 Å². The highest BCUT2D eigenvalue weighted by Crippen LogP contribution is 2.39. The summed E-state index contributed by atoms with van der Waals surface area (Å²) in [7, 11) is 4.61. The first kappa shape index (κ1) is 27.5. The molecular formula is C30H38N2O6. The van der Waals surface area contributed by atoms with E-state index in [0.717, 1.165) is 59.2 Å². The van der Waals surface area contributed by atoms with Gasteiger partial charge < -0.3 is 18.9 Å². The number of fused-ring (bicyclic) bond motifs is 1. The molecule has 1 aliphatic heterocycles. The first-order valence-corrected chi connectivity index (χ1v) is 13.0. The Bertz CT molecular complexity index is 1340. The number of hydrogen-bond acceptors (Lipinski definition) is 7. The van der Waals surface area contributed by atoms with Crippen molar-refractivity contribution in [2.75, 3.05) is 27.9 Å². The first-order valence-electron chi connectivity index (χ1n) is 13.0. The third-order valence-electron chi connectivity index (χ3n) is 7.03. The molecule has 1 aromatic heterocycles. The highest BCUT2D eigenvalue weighted by molar-refractivity contribution is 5.95. The number of benzene rings is 2. The lowest BCUT2D eigenvalue weighted by Gasteiger charge is -2.36. The molecule has 0 spiro atoms. The van der Waals surface area contributed by atoms with E-state index < -0.39 is 17.7 Å². The largest absolute Gasteiger partial charge is 0.496 e. The van der Waals surface area contributed by atoms with Gasteiger partial charge >= 0.3 is 12.1 Å². The molecule has 1 saturated heterocycles. The number of methoxy groups -OCH3 is 3. The second-order valence-electron chi connectivity index (χ2n) is 10.7. The predicted octanol–water partition coefficient (Wildman–Crippen LogP) is 6.26. The fraction of sp³-hybridized carbons (Fsp3) is 0.467. The summed E-state index contributed by atoms with van der Waals surface area (Å²) in [5.41, 5.74) is 3.69. The van der Waals surface area contributed by atoms with E-state index in [1.54, 1.807) is 31.0 Å². The van der Waals surface area contributed by atoms with Crippen molar-refractivity contribution >= 4 is 23.0 Å². The van der Waals surface area contributed by atoms with E-state index in [0.29, 0.717) is 17.9 Å². The summed E-state index contributed by atoms with van der Waals surface area (Å²) in [4.78, 5) is 27.6. The van der Waals surface area contributed by atoms with Gasteiger partial charge in [0.2, 0.25) is 0 Å². The molecule has 0 unspecified atom stereocenters. The van der Waals surface area contributed by atoms with Crippen molar-refractivity contribution in [1.82, 2.24) is 9.47 Å². The molecule has 8 heteroatoms. The maximum absolute atomic E-state index is 13.0. The number of carbonyl (C=O) groups excluding carboxylic acids is 2. The lowest BCUT2D eigenvalue weighted by molar-refractivity contribution is 0.0542. The minimum Gasteiger partial charge on any atom is -0.496 e. The Kier molecular flexibility index (Phi) is 8.02. The Labute approximate surface area is 224 Å². The Hall–Kier alpha value is -3.52. The Morgan fingerprint density at radius 1 is 1.00 bits per heavy atom. The van der Waals surface area contributed by atoms with Gasteiger partial charge in [-0.15, -0.1) is 0 Å². The van der Waals surface area contributed by atoms with Crippen molar-refractivity contribution in [3.63, 3.8) is 0 Å². The van der Waals surface area contributed by atoms with Gasteiger partial charge in [-0.2, -0.15) is 0 Å². The minimum atomic E-state index is -0.595. The van der Waals surface area contributed by atoms with E-state index in [-0.39, 0.29) is 6.04 Å². The molecule has 0 aliphatic carbocycles. The normalized spacial score (nSPS) is 16.3. The van der Waals surface area contributed by atoms with Gasteiger partial charge in [-0.25, -0.2) is 9.59 Å². The molecular weight excluding hydrogens is 484 g/mol. The van der Waals surface area contributed by atoms with Crippen LogP contribution >= 0.6 is 0 Å². The van der Waals surface area contributed by atoms with Gasteiger partial charge in [0.1, 0.15) is 22.7 Å². The highest BCUT2D eigenvalue weighted by Gasteiger charge is 2.28. The third-order valence-corrected chi connectivity index (χ3v) is 7.03. The summed E-state index contributed by atoms with van der Waals surface area (Å²) in [6.07, 6.45) is 4.55. The van der Waals surface area contributed by atoms with Crippen LogP contribution in [0.15, 0.2) is 36.5 Å². The topological polar surface area (TPSA) is 79.2 Å². The van der Waals surface area contributed by atoms with E-state index in [1.807, 2.05) is 52.0 Å². The van der Waals surface area contributed by atoms with Crippen molar-refractivity contribution < 1.29 is 28.5 Å². The van der Waals surface area contributed by atoms with Crippen LogP contribution in [0.2, 0.25) is 0 Å². The van der Waals surface area contributed by atoms with E-state index in [1.165, 1.54) is 7.11 Å². The summed E-state index contributed by atoms with van der Waals surface area (Å²) in [5.74, 6) is 0.875. The van der Waals surface area contributed by atoms with Gasteiger partial charge in [0, 0.05) is 29.7 Å². The standard InChI is InChI=1S/C30H38N2O6/c1-19-16-25(35-5)23(21-13-15-32(27(19)21)29(34)38-30(2,3)4)18-31-14-9-8-10-24(31)20-11-12-22(28(33)37-7)26(17-20)36-6/h11-13,15-17,24H,8-10,14,18H2,1-7H3/t24-/m0/s1. The van der Waals surface area contributed by atoms with Gasteiger partial charge in [0.05, 0.1) is 26.8 Å². The molecule has 0 N–H and O–H groups in total. The smallest absolute Gasteiger partial charge is 0.419 e. The SMILES string of the molecule is COC(=O)c1ccc([C@@H]2CCCCN2Cc2c(OC)cc(C)c3c2ccn3C(=O)OC(C)(C)C)cc1OC. The van der Waals surface area contributed by atoms with E-state index in [2.05, 4.69) is 4.90 Å². The quantitative estimate of drug-likeness (QED) is 0.353. The molecule has 0 saturated carbocycles. The summed E-state index contributed by atoms with van der Waals surface area (Å²) >= 11 is 0. The predicted molar refractivity (Wildman–Crippen MR) is 146 cm³/mol. The highest BCUT2D eigenvalue weighted by atomic mass is 16.6. The number of piperidine rings is 1. The number of carbonyl (C=O) groups is 2. The van der Waals surface area contributed by atoms with Gasteiger partial charge in [-0.3, -0.25) is 9.47 Å². The van der Waals surface area contributed by atoms with Crippen LogP contribution in [0.1, 0.15) is 73.1 Å². The molecule has 8 nitrogen and oxygen atoms in total. The number of likely N-dealkylation sites (tertiary alicyclic amines) is 1. The Morgan fingerprint density at radius 3 is 2.39 bits per heavy atom. The van der Waals surface area contributed by atoms with Crippen LogP contribution < -0.4 is 9.47 Å². The Balaban J connectivity index is 1.73. The summed E-state index contributed by atoms with van der Waals surface area (Å²) < 4.78 is 23.5. The lowest BCUT2D eigenvalue weighted by Crippen LogP contribution is -2.33. The number of nitrogens with zero attached hydrogens (tertiary/aromatic N) is 2. The molecule has 0 bridgehead atoms. The molecule has 38 heavy (non-hydrogen) atoms. The van der Waals surface area contributed by atoms with Crippen LogP contribution in [0.4, 0.5) is 4.79 Å². The zero-order chi connectivity index (χ0) is 27.6. The van der Waals surface area contributed by atoms with Crippen LogP contribution in [0, 0.1) is 6.92 Å². The molecule has 0 radical (unpaired) electrons. The summed E-state index contributed by atoms with van der Waals surface area (Å²) in [5, 5.41) is 0.968. The fourth-order valence-electron chi connectivity index (χ4n) is 5.33. The van der Waals surface area contributed by atoms with Gasteiger partial charge in [-0.1, -0.05) is 12.5 Å². The fourth-order valence-corrected chi connectivity index (χ4v) is 5.33. The monoisotopic (exact) mass is 522 g/mol. The number of ether oxygens (including phenoxy) is 4. The van der Waals surface area contributed by atoms with Crippen molar-refractivity contribution in [3.8, 4) is 11.5 Å². The number of aromatic nitrogens is 1. The molecule has 0 amide bonds. The molecule has 1 aliphatic rings. The average Bonchev–Trinajstić information content (AvgIpc) is 3.35. The molecule has 4 rings (SSSR count). The number of hydrogen-bond donors (Lipinski definition) is 0. The molecule has 1 atom stereocenters. The first-order chi connectivity index (χ1) is 18.1. The van der Waals surface area contributed by atoms with Crippen molar-refractivity contribution in [2.24, 2.45) is 0 Å². The minimum absolute atomic E-state index is 0.137. The number of esters is 1. The second kappa shape index (κ2) is 11.1. The second-order valence-corrected chi connectivity index (χ2v) is 10.7. The van der Waals surface area contributed by atoms with E-state index in [9.17, 15) is 9.59 Å². The average molecular weight is 523 g/mol. The van der Waals surface area contributed by atoms with E-state index in [4.69, 9.17) is 18.9 Å². The van der Waals surface area contributed by atoms with Gasteiger partial charge in [0.15, 0.2) is 0 Å². The van der Waals surface area contributed by atoms with Crippen molar-refractivity contribution in [1.29, 1.82) is 0 Å². The van der Waals surface area contributed by atoms with E-state index >= 15 is 0 Å². The third kappa shape index (κ3) is 5.50.